The minimum atomic E-state index is -0.208. The Labute approximate surface area is 85.1 Å². The summed E-state index contributed by atoms with van der Waals surface area (Å²) in [5.41, 5.74) is 0.293. The summed E-state index contributed by atoms with van der Waals surface area (Å²) < 4.78 is 11.9. The molecule has 2 saturated heterocycles. The lowest BCUT2D eigenvalue weighted by molar-refractivity contribution is -0.225. The van der Waals surface area contributed by atoms with Gasteiger partial charge in [-0.25, -0.2) is 0 Å². The van der Waals surface area contributed by atoms with E-state index in [4.69, 9.17) is 9.47 Å². The summed E-state index contributed by atoms with van der Waals surface area (Å²) in [6.45, 7) is 3.84. The molecule has 1 N–H and O–H groups in total. The fourth-order valence-electron chi connectivity index (χ4n) is 3.53. The normalized spacial score (nSPS) is 41.1. The van der Waals surface area contributed by atoms with Crippen LogP contribution in [0.4, 0.5) is 0 Å². The van der Waals surface area contributed by atoms with E-state index in [-0.39, 0.29) is 5.79 Å². The Balaban J connectivity index is 1.88. The van der Waals surface area contributed by atoms with Crippen molar-refractivity contribution in [3.05, 3.63) is 0 Å². The third-order valence-electron chi connectivity index (χ3n) is 4.20. The first-order chi connectivity index (χ1) is 6.87. The molecule has 0 radical (unpaired) electrons. The zero-order valence-corrected chi connectivity index (χ0v) is 8.68. The van der Waals surface area contributed by atoms with Crippen molar-refractivity contribution in [3.8, 4) is 0 Å². The summed E-state index contributed by atoms with van der Waals surface area (Å²) in [4.78, 5) is 0. The van der Waals surface area contributed by atoms with E-state index in [0.29, 0.717) is 5.41 Å². The van der Waals surface area contributed by atoms with E-state index in [1.807, 2.05) is 0 Å². The van der Waals surface area contributed by atoms with Crippen molar-refractivity contribution in [1.29, 1.82) is 0 Å². The Morgan fingerprint density at radius 3 is 2.43 bits per heavy atom. The predicted octanol–water partition coefficient (Wildman–Crippen LogP) is 1.28. The molecule has 0 aromatic rings. The second kappa shape index (κ2) is 3.19. The second-order valence-electron chi connectivity index (χ2n) is 4.86. The molecule has 3 heteroatoms. The quantitative estimate of drug-likeness (QED) is 0.634. The van der Waals surface area contributed by atoms with Gasteiger partial charge < -0.3 is 14.8 Å². The highest BCUT2D eigenvalue weighted by Gasteiger charge is 2.58. The van der Waals surface area contributed by atoms with Gasteiger partial charge in [-0.05, 0) is 32.2 Å². The predicted molar refractivity (Wildman–Crippen MR) is 53.0 cm³/mol. The first-order valence-electron chi connectivity index (χ1n) is 5.86. The summed E-state index contributed by atoms with van der Waals surface area (Å²) in [6.07, 6.45) is 6.20. The third-order valence-corrected chi connectivity index (χ3v) is 4.20. The summed E-state index contributed by atoms with van der Waals surface area (Å²) in [5, 5.41) is 3.51. The van der Waals surface area contributed by atoms with Crippen LogP contribution in [0.15, 0.2) is 0 Å². The Kier molecular flexibility index (Phi) is 2.08. The van der Waals surface area contributed by atoms with Crippen LogP contribution < -0.4 is 5.32 Å². The van der Waals surface area contributed by atoms with Gasteiger partial charge in [-0.3, -0.25) is 0 Å². The second-order valence-corrected chi connectivity index (χ2v) is 4.86. The van der Waals surface area contributed by atoms with Gasteiger partial charge >= 0.3 is 0 Å². The molecule has 1 atom stereocenters. The van der Waals surface area contributed by atoms with Gasteiger partial charge in [0.15, 0.2) is 5.79 Å². The van der Waals surface area contributed by atoms with Crippen molar-refractivity contribution in [2.24, 2.45) is 5.41 Å². The smallest absolute Gasteiger partial charge is 0.175 e. The van der Waals surface area contributed by atoms with E-state index in [2.05, 4.69) is 5.32 Å². The zero-order valence-electron chi connectivity index (χ0n) is 8.68. The van der Waals surface area contributed by atoms with Crippen LogP contribution >= 0.6 is 0 Å². The molecule has 0 aromatic heterocycles. The van der Waals surface area contributed by atoms with Crippen LogP contribution in [0.5, 0.6) is 0 Å². The Morgan fingerprint density at radius 1 is 0.929 bits per heavy atom. The van der Waals surface area contributed by atoms with Crippen LogP contribution in [0.3, 0.4) is 0 Å². The molecule has 3 fully saturated rings. The fourth-order valence-corrected chi connectivity index (χ4v) is 3.53. The standard InChI is InChI=1S/C11H19NO2/c1-3-10(4-2-6-12-9-10)11(5-1)13-7-8-14-11/h12H,1-9H2. The molecule has 2 spiro atoms. The van der Waals surface area contributed by atoms with Gasteiger partial charge in [0.2, 0.25) is 0 Å². The van der Waals surface area contributed by atoms with Gasteiger partial charge in [0.25, 0.3) is 0 Å². The van der Waals surface area contributed by atoms with E-state index < -0.39 is 0 Å². The van der Waals surface area contributed by atoms with Gasteiger partial charge in [0.1, 0.15) is 0 Å². The van der Waals surface area contributed by atoms with Gasteiger partial charge in [0.05, 0.1) is 13.2 Å². The molecule has 3 nitrogen and oxygen atoms in total. The van der Waals surface area contributed by atoms with Crippen molar-refractivity contribution in [2.45, 2.75) is 37.9 Å². The number of piperidine rings is 1. The average molecular weight is 197 g/mol. The minimum Gasteiger partial charge on any atom is -0.347 e. The van der Waals surface area contributed by atoms with E-state index >= 15 is 0 Å². The van der Waals surface area contributed by atoms with Crippen LogP contribution in [-0.2, 0) is 9.47 Å². The first kappa shape index (κ1) is 9.13. The highest BCUT2D eigenvalue weighted by molar-refractivity contribution is 5.03. The number of ether oxygens (including phenoxy) is 2. The van der Waals surface area contributed by atoms with Gasteiger partial charge in [-0.1, -0.05) is 0 Å². The molecule has 3 rings (SSSR count). The molecular weight excluding hydrogens is 178 g/mol. The molecule has 1 aliphatic carbocycles. The van der Waals surface area contributed by atoms with Crippen LogP contribution in [0.1, 0.15) is 32.1 Å². The van der Waals surface area contributed by atoms with Gasteiger partial charge in [-0.2, -0.15) is 0 Å². The van der Waals surface area contributed by atoms with Crippen LogP contribution in [0, 0.1) is 5.41 Å². The molecule has 3 aliphatic rings. The van der Waals surface area contributed by atoms with Crippen molar-refractivity contribution < 1.29 is 9.47 Å². The molecule has 1 unspecified atom stereocenters. The lowest BCUT2D eigenvalue weighted by Gasteiger charge is -2.44. The molecule has 2 aliphatic heterocycles. The van der Waals surface area contributed by atoms with Crippen molar-refractivity contribution in [2.75, 3.05) is 26.3 Å². The van der Waals surface area contributed by atoms with Crippen LogP contribution in [-0.4, -0.2) is 32.1 Å². The minimum absolute atomic E-state index is 0.208. The van der Waals surface area contributed by atoms with Gasteiger partial charge in [0, 0.05) is 18.4 Å². The lowest BCUT2D eigenvalue weighted by Crippen LogP contribution is -2.53. The van der Waals surface area contributed by atoms with Crippen LogP contribution in [0.2, 0.25) is 0 Å². The zero-order chi connectivity index (χ0) is 9.49. The van der Waals surface area contributed by atoms with Crippen LogP contribution in [0.25, 0.3) is 0 Å². The topological polar surface area (TPSA) is 30.5 Å². The maximum absolute atomic E-state index is 5.93. The summed E-state index contributed by atoms with van der Waals surface area (Å²) in [6, 6.07) is 0. The van der Waals surface area contributed by atoms with Crippen molar-refractivity contribution >= 4 is 0 Å². The van der Waals surface area contributed by atoms with E-state index in [1.165, 1.54) is 25.7 Å². The SMILES string of the molecule is C1CNCC2(C1)CCCC21OCCO1. The Bertz CT molecular complexity index is 212. The maximum atomic E-state index is 5.93. The molecule has 0 bridgehead atoms. The molecule has 0 aromatic carbocycles. The van der Waals surface area contributed by atoms with E-state index in [9.17, 15) is 0 Å². The first-order valence-corrected chi connectivity index (χ1v) is 5.86. The van der Waals surface area contributed by atoms with E-state index in [0.717, 1.165) is 32.7 Å². The average Bonchev–Trinajstić information content (AvgIpc) is 2.80. The van der Waals surface area contributed by atoms with E-state index in [1.54, 1.807) is 0 Å². The van der Waals surface area contributed by atoms with Crippen molar-refractivity contribution in [1.82, 2.24) is 5.32 Å². The summed E-state index contributed by atoms with van der Waals surface area (Å²) in [5.74, 6) is -0.208. The Morgan fingerprint density at radius 2 is 1.71 bits per heavy atom. The van der Waals surface area contributed by atoms with Crippen molar-refractivity contribution in [3.63, 3.8) is 0 Å². The Hall–Kier alpha value is -0.120. The maximum Gasteiger partial charge on any atom is 0.175 e. The molecule has 0 amide bonds. The lowest BCUT2D eigenvalue weighted by atomic mass is 9.75. The van der Waals surface area contributed by atoms with Gasteiger partial charge in [-0.15, -0.1) is 0 Å². The largest absolute Gasteiger partial charge is 0.347 e. The number of hydrogen-bond acceptors (Lipinski definition) is 3. The number of rotatable bonds is 0. The summed E-state index contributed by atoms with van der Waals surface area (Å²) >= 11 is 0. The highest BCUT2D eigenvalue weighted by Crippen LogP contribution is 2.54. The number of nitrogens with one attached hydrogen (secondary N) is 1. The molecule has 14 heavy (non-hydrogen) atoms. The number of fused-ring (bicyclic) bond motifs is 1. The highest BCUT2D eigenvalue weighted by atomic mass is 16.7. The molecular formula is C11H19NO2. The molecule has 2 heterocycles. The fraction of sp³-hybridized carbons (Fsp3) is 1.00. The molecule has 80 valence electrons. The molecule has 1 saturated carbocycles. The number of hydrogen-bond donors (Lipinski definition) is 1. The summed E-state index contributed by atoms with van der Waals surface area (Å²) in [7, 11) is 0. The monoisotopic (exact) mass is 197 g/mol. The third kappa shape index (κ3) is 1.09.